The van der Waals surface area contributed by atoms with Crippen molar-refractivity contribution in [1.82, 2.24) is 45.1 Å². The van der Waals surface area contributed by atoms with Crippen LogP contribution in [0.15, 0.2) is 299 Å². The molecule has 0 saturated heterocycles. The van der Waals surface area contributed by atoms with Gasteiger partial charge in [-0.2, -0.15) is 0 Å². The molecule has 22 heterocycles. The SMILES string of the molecule is CC(C)Cc1csc2c1C(=O)N=C(c1ccccn1)C2.CCc1c(C)sc2c1C(=O)N=C(c1ccccn1)C2.CNC(=O)c1sc2c(c1C)C(=O)N=C(c1ccccn1)C2.COc1ccc(-c2csc3c2C(=O)N=C(c2ccccn2)C3)cc1.Cc1c(-c2ccccc2)sc2c1C(=O)N=C(c1ccccn1)C2.Cc1c(C(=O)N(C)C)sc2c1C(=O)N=C(c1ccccn1)C2.O=C1N=C(c2ccccn2)Cc2scc(-c3ccco3)c21. The number of nitrogens with one attached hydrogen (secondary N) is 1. The van der Waals surface area contributed by atoms with E-state index in [2.05, 4.69) is 120 Å². The van der Waals surface area contributed by atoms with E-state index >= 15 is 0 Å². The number of rotatable bonds is 16. The van der Waals surface area contributed by atoms with Crippen LogP contribution in [0.2, 0.25) is 0 Å². The van der Waals surface area contributed by atoms with Crippen LogP contribution >= 0.6 is 79.4 Å². The summed E-state index contributed by atoms with van der Waals surface area (Å²) in [7, 11) is 6.63. The molecule has 24 rings (SSSR count). The number of ether oxygens (including phenoxy) is 1. The number of hydrogen-bond acceptors (Lipinski definition) is 25. The lowest BCUT2D eigenvalue weighted by Gasteiger charge is -2.13. The van der Waals surface area contributed by atoms with Gasteiger partial charge in [0.25, 0.3) is 53.2 Å². The number of fused-ring (bicyclic) bond motifs is 7. The molecule has 150 heavy (non-hydrogen) atoms. The summed E-state index contributed by atoms with van der Waals surface area (Å²) >= 11 is 11.0. The number of nitrogens with zero attached hydrogens (tertiary/aromatic N) is 15. The lowest BCUT2D eigenvalue weighted by Crippen LogP contribution is -2.21. The predicted molar refractivity (Wildman–Crippen MR) is 595 cm³/mol. The highest BCUT2D eigenvalue weighted by atomic mass is 32.1. The number of hydrogen-bond donors (Lipinski definition) is 1. The highest BCUT2D eigenvalue weighted by Crippen LogP contribution is 2.44. The highest BCUT2D eigenvalue weighted by Gasteiger charge is 2.36. The van der Waals surface area contributed by atoms with Gasteiger partial charge in [0.15, 0.2) is 0 Å². The second-order valence-electron chi connectivity index (χ2n) is 35.5. The molecule has 27 nitrogen and oxygen atoms in total. The number of carbonyl (C=O) groups excluding carboxylic acids is 9. The fourth-order valence-electron chi connectivity index (χ4n) is 17.9. The number of benzene rings is 2. The van der Waals surface area contributed by atoms with E-state index in [0.29, 0.717) is 117 Å². The van der Waals surface area contributed by atoms with Crippen molar-refractivity contribution >= 4 is 173 Å². The zero-order valence-corrected chi connectivity index (χ0v) is 89.0. The minimum Gasteiger partial charge on any atom is -0.497 e. The van der Waals surface area contributed by atoms with Gasteiger partial charge < -0.3 is 19.4 Å². The standard InChI is InChI=1S/C19H14N2O2S.C19H14N2OS.C16H15N3O2S.C16H10N2O2S.C16H16N2OS.C15H13N3O2S.C15H14N2OS/c1-23-13-7-5-12(6-8-13)14-11-24-17-10-16(21-19(22)18(14)17)15-4-2-3-9-20-15;1-12-17-16(23-18(12)13-7-3-2-4-8-13)11-15(21-19(17)22)14-9-5-6-10-20-14;1-9-13-12(22-14(9)16(21)19(2)3)8-11(18-15(13)20)10-6-4-5-7-17-10;19-16-15-10(13-5-3-7-20-13)9-21-14(15)8-12(18-16)11-4-1-2-6-17-11;1-10(2)7-11-9-20-14-8-13(18-16(19)15(11)14)12-5-3-4-6-17-12;1-8-12-11(21-13(8)15(20)16-2)7-10(18-14(12)19)9-5-3-4-6-17-9;1-3-10-9(2)19-13-8-12(17-15(18)14(10)13)11-6-4-5-7-16-11/h2-9,11H,10H2,1H3;2-10H,11H2,1H3;4-7H,8H2,1-3H3;1-7,9H,8H2;3-6,9-10H,7-8H2,1-2H3;3-6H,7H2,1-2H3,(H,16,20);4-7H,3,8H2,1-2H3. The number of thiophene rings is 7. The number of furan rings is 1. The molecule has 9 amide bonds. The molecule has 0 bridgehead atoms. The van der Waals surface area contributed by atoms with Crippen LogP contribution < -0.4 is 10.1 Å². The van der Waals surface area contributed by atoms with E-state index in [-0.39, 0.29) is 53.2 Å². The quantitative estimate of drug-likeness (QED) is 0.0938. The Labute approximate surface area is 892 Å². The van der Waals surface area contributed by atoms with Gasteiger partial charge in [-0.3, -0.25) is 78.0 Å². The monoisotopic (exact) mass is 2110 g/mol. The van der Waals surface area contributed by atoms with Gasteiger partial charge in [0.1, 0.15) is 11.5 Å². The molecule has 0 atom stereocenters. The van der Waals surface area contributed by atoms with Crippen molar-refractivity contribution in [3.05, 3.63) is 415 Å². The molecule has 17 aromatic rings. The number of pyridine rings is 7. The second-order valence-corrected chi connectivity index (χ2v) is 43.1. The van der Waals surface area contributed by atoms with Crippen molar-refractivity contribution in [1.29, 1.82) is 0 Å². The highest BCUT2D eigenvalue weighted by molar-refractivity contribution is 7.17. The van der Waals surface area contributed by atoms with Crippen molar-refractivity contribution in [3.8, 4) is 38.6 Å². The molecule has 0 saturated carbocycles. The smallest absolute Gasteiger partial charge is 0.279 e. The van der Waals surface area contributed by atoms with Crippen LogP contribution in [-0.2, 0) is 57.8 Å². The summed E-state index contributed by atoms with van der Waals surface area (Å²) in [6.07, 6.45) is 19.8. The average molecular weight is 2110 g/mol. The van der Waals surface area contributed by atoms with Crippen molar-refractivity contribution in [2.24, 2.45) is 40.9 Å². The summed E-state index contributed by atoms with van der Waals surface area (Å²) in [5.74, 6) is 0.449. The first-order valence-electron chi connectivity index (χ1n) is 48.0. The van der Waals surface area contributed by atoms with Crippen LogP contribution in [0, 0.1) is 33.6 Å². The molecule has 0 unspecified atom stereocenters. The summed E-state index contributed by atoms with van der Waals surface area (Å²) in [6.45, 7) is 14.1. The summed E-state index contributed by atoms with van der Waals surface area (Å²) in [6, 6.07) is 60.9. The van der Waals surface area contributed by atoms with Gasteiger partial charge in [0.05, 0.1) is 142 Å². The number of methoxy groups -OCH3 is 1. The van der Waals surface area contributed by atoms with E-state index < -0.39 is 0 Å². The van der Waals surface area contributed by atoms with Gasteiger partial charge in [0, 0.05) is 170 Å². The van der Waals surface area contributed by atoms with Crippen molar-refractivity contribution in [3.63, 3.8) is 0 Å². The maximum absolute atomic E-state index is 12.6. The molecular formula is C116H96N16O11S7. The Bertz CT molecular complexity index is 8270. The maximum Gasteiger partial charge on any atom is 0.279 e. The molecular weight excluding hydrogens is 2020 g/mol. The van der Waals surface area contributed by atoms with E-state index in [1.54, 1.807) is 142 Å². The number of carbonyl (C=O) groups is 9. The van der Waals surface area contributed by atoms with Crippen LogP contribution in [0.5, 0.6) is 5.75 Å². The summed E-state index contributed by atoms with van der Waals surface area (Å²) in [5, 5.41) is 8.70. The fraction of sp³-hybridized carbons (Fsp3) is 0.181. The largest absolute Gasteiger partial charge is 0.497 e. The summed E-state index contributed by atoms with van der Waals surface area (Å²) < 4.78 is 10.6. The molecule has 34 heteroatoms. The third-order valence-electron chi connectivity index (χ3n) is 25.0. The molecule has 0 aliphatic carbocycles. The van der Waals surface area contributed by atoms with Crippen LogP contribution in [-0.4, -0.2) is 161 Å². The first-order valence-corrected chi connectivity index (χ1v) is 53.9. The number of aliphatic imine (C=N–C) groups is 7. The molecule has 2 aromatic carbocycles. The zero-order chi connectivity index (χ0) is 105. The van der Waals surface area contributed by atoms with Crippen LogP contribution in [0.25, 0.3) is 32.9 Å². The molecule has 0 spiro atoms. The predicted octanol–water partition coefficient (Wildman–Crippen LogP) is 23.0. The molecule has 0 fully saturated rings. The lowest BCUT2D eigenvalue weighted by atomic mass is 9.96. The van der Waals surface area contributed by atoms with Gasteiger partial charge in [-0.25, -0.2) is 34.9 Å². The molecule has 0 radical (unpaired) electrons. The Morgan fingerprint density at radius 2 is 0.720 bits per heavy atom. The van der Waals surface area contributed by atoms with Crippen LogP contribution in [0.3, 0.4) is 0 Å². The van der Waals surface area contributed by atoms with Gasteiger partial charge in [-0.05, 0) is 205 Å². The third-order valence-corrected chi connectivity index (χ3v) is 33.1. The average Bonchev–Trinajstić information content (AvgIpc) is 1.62. The topological polar surface area (TPSA) is 368 Å². The Balaban J connectivity index is 0.000000114. The van der Waals surface area contributed by atoms with E-state index in [1.807, 2.05) is 207 Å². The molecule has 7 aliphatic rings. The maximum atomic E-state index is 12.6. The van der Waals surface area contributed by atoms with Crippen LogP contribution in [0.1, 0.15) is 219 Å². The van der Waals surface area contributed by atoms with Gasteiger partial charge >= 0.3 is 0 Å². The fourth-order valence-corrected chi connectivity index (χ4v) is 26.1. The molecule has 15 aromatic heterocycles. The van der Waals surface area contributed by atoms with Crippen LogP contribution in [0.4, 0.5) is 0 Å². The summed E-state index contributed by atoms with van der Waals surface area (Å²) in [5.41, 5.74) is 24.0. The van der Waals surface area contributed by atoms with Gasteiger partial charge in [-0.1, -0.05) is 106 Å². The second kappa shape index (κ2) is 46.9. The Hall–Kier alpha value is -16.2. The van der Waals surface area contributed by atoms with E-state index in [0.717, 1.165) is 176 Å². The summed E-state index contributed by atoms with van der Waals surface area (Å²) in [4.78, 5) is 183. The normalized spacial score (nSPS) is 13.8. The van der Waals surface area contributed by atoms with E-state index in [1.165, 1.54) is 32.5 Å². The lowest BCUT2D eigenvalue weighted by molar-refractivity contribution is 0.0829. The Morgan fingerprint density at radius 1 is 0.373 bits per heavy atom. The third kappa shape index (κ3) is 22.9. The number of aryl methyl sites for hydroxylation is 1. The molecule has 7 aliphatic heterocycles. The molecule has 748 valence electrons. The van der Waals surface area contributed by atoms with Crippen molar-refractivity contribution in [2.75, 3.05) is 28.3 Å². The number of amides is 9. The Kier molecular flexibility index (Phi) is 32.4. The van der Waals surface area contributed by atoms with Gasteiger partial charge in [-0.15, -0.1) is 79.4 Å². The first kappa shape index (κ1) is 104. The minimum absolute atomic E-state index is 0.0795. The zero-order valence-electron chi connectivity index (χ0n) is 83.3. The van der Waals surface area contributed by atoms with E-state index in [9.17, 15) is 43.2 Å². The molecule has 1 N–H and O–H groups in total. The Morgan fingerprint density at radius 3 is 1.10 bits per heavy atom. The van der Waals surface area contributed by atoms with Crippen molar-refractivity contribution in [2.45, 2.75) is 106 Å². The van der Waals surface area contributed by atoms with Gasteiger partial charge in [0.2, 0.25) is 0 Å². The minimum atomic E-state index is -0.291. The van der Waals surface area contributed by atoms with E-state index in [4.69, 9.17) is 9.15 Å². The first-order chi connectivity index (χ1) is 72.8. The van der Waals surface area contributed by atoms with Crippen molar-refractivity contribution < 1.29 is 52.3 Å². The number of aromatic nitrogens is 7.